The Labute approximate surface area is 189 Å². The normalized spacial score (nSPS) is 11.8. The summed E-state index contributed by atoms with van der Waals surface area (Å²) in [5, 5.41) is 11.3. The molecule has 1 aromatic heterocycles. The molecule has 0 spiro atoms. The lowest BCUT2D eigenvalue weighted by Gasteiger charge is -2.11. The van der Waals surface area contributed by atoms with Gasteiger partial charge in [-0.15, -0.1) is 11.8 Å². The fraction of sp³-hybridized carbons (Fsp3) is 0.300. The van der Waals surface area contributed by atoms with Crippen LogP contribution in [0.15, 0.2) is 46.2 Å². The van der Waals surface area contributed by atoms with Gasteiger partial charge in [-0.05, 0) is 43.5 Å². The molecule has 0 aliphatic carbocycles. The second-order valence-corrected chi connectivity index (χ2v) is 9.96. The van der Waals surface area contributed by atoms with E-state index in [4.69, 9.17) is 4.74 Å². The zero-order valence-corrected chi connectivity index (χ0v) is 19.6. The average Bonchev–Trinajstić information content (AvgIpc) is 3.13. The highest BCUT2D eigenvalue weighted by Gasteiger charge is 2.24. The van der Waals surface area contributed by atoms with E-state index in [0.717, 1.165) is 4.31 Å². The number of hydrogen-bond acceptors (Lipinski definition) is 8. The van der Waals surface area contributed by atoms with Crippen LogP contribution in [-0.4, -0.2) is 53.5 Å². The Morgan fingerprint density at radius 1 is 1.25 bits per heavy atom. The quantitative estimate of drug-likeness (QED) is 0.209. The number of esters is 1. The number of nitro groups is 1. The van der Waals surface area contributed by atoms with E-state index >= 15 is 0 Å². The van der Waals surface area contributed by atoms with Crippen molar-refractivity contribution < 1.29 is 22.9 Å². The molecule has 0 aliphatic heterocycles. The number of rotatable bonds is 8. The molecule has 3 aromatic rings. The standard InChI is InChI=1S/C20H22N4O6S2/c1-5-23-18-9-7-14(32(28,29)22(2)3)11-16(18)21-19(23)12-30-20(25)15-10-13(31-4)6-8-17(15)24(26)27/h6-11H,5,12H2,1-4H3. The van der Waals surface area contributed by atoms with Gasteiger partial charge < -0.3 is 9.30 Å². The number of benzene rings is 2. The molecule has 2 aromatic carbocycles. The molecule has 0 fully saturated rings. The number of aryl methyl sites for hydroxylation is 1. The Balaban J connectivity index is 1.93. The maximum Gasteiger partial charge on any atom is 0.345 e. The summed E-state index contributed by atoms with van der Waals surface area (Å²) in [6.07, 6.45) is 1.80. The number of fused-ring (bicyclic) bond motifs is 1. The number of thioether (sulfide) groups is 1. The Hall–Kier alpha value is -2.96. The predicted molar refractivity (Wildman–Crippen MR) is 120 cm³/mol. The van der Waals surface area contributed by atoms with Crippen molar-refractivity contribution in [2.45, 2.75) is 29.9 Å². The zero-order chi connectivity index (χ0) is 23.6. The molecule has 0 radical (unpaired) electrons. The molecule has 0 bridgehead atoms. The van der Waals surface area contributed by atoms with E-state index in [1.165, 1.54) is 50.1 Å². The largest absolute Gasteiger partial charge is 0.454 e. The van der Waals surface area contributed by atoms with E-state index < -0.39 is 20.9 Å². The Bertz CT molecular complexity index is 1300. The number of ether oxygens (including phenoxy) is 1. The van der Waals surface area contributed by atoms with Gasteiger partial charge in [-0.1, -0.05) is 0 Å². The predicted octanol–water partition coefficient (Wildman–Crippen LogP) is 3.29. The number of sulfonamides is 1. The van der Waals surface area contributed by atoms with Crippen molar-refractivity contribution in [2.24, 2.45) is 0 Å². The summed E-state index contributed by atoms with van der Waals surface area (Å²) in [6, 6.07) is 8.88. The number of carbonyl (C=O) groups is 1. The van der Waals surface area contributed by atoms with Crippen molar-refractivity contribution in [1.29, 1.82) is 0 Å². The molecule has 0 unspecified atom stereocenters. The van der Waals surface area contributed by atoms with Gasteiger partial charge >= 0.3 is 5.97 Å². The van der Waals surface area contributed by atoms with Crippen LogP contribution in [0.3, 0.4) is 0 Å². The molecule has 10 nitrogen and oxygen atoms in total. The number of hydrogen-bond donors (Lipinski definition) is 0. The van der Waals surface area contributed by atoms with Crippen molar-refractivity contribution in [1.82, 2.24) is 13.9 Å². The third-order valence-corrected chi connectivity index (χ3v) is 7.38. The van der Waals surface area contributed by atoms with E-state index in [2.05, 4.69) is 4.98 Å². The first-order chi connectivity index (χ1) is 15.1. The van der Waals surface area contributed by atoms with Gasteiger partial charge in [-0.25, -0.2) is 22.5 Å². The molecule has 3 rings (SSSR count). The van der Waals surface area contributed by atoms with Crippen molar-refractivity contribution in [3.05, 3.63) is 57.9 Å². The molecule has 0 aliphatic rings. The zero-order valence-electron chi connectivity index (χ0n) is 17.9. The van der Waals surface area contributed by atoms with Crippen LogP contribution in [0.5, 0.6) is 0 Å². The minimum absolute atomic E-state index is 0.101. The van der Waals surface area contributed by atoms with Crippen LogP contribution >= 0.6 is 11.8 Å². The summed E-state index contributed by atoms with van der Waals surface area (Å²) in [5.74, 6) is -0.433. The molecule has 12 heteroatoms. The number of imidazole rings is 1. The maximum atomic E-state index is 12.6. The molecule has 170 valence electrons. The molecular weight excluding hydrogens is 456 g/mol. The fourth-order valence-corrected chi connectivity index (χ4v) is 4.53. The molecule has 0 N–H and O–H groups in total. The van der Waals surface area contributed by atoms with Crippen molar-refractivity contribution >= 4 is 44.5 Å². The Kier molecular flexibility index (Phi) is 6.86. The summed E-state index contributed by atoms with van der Waals surface area (Å²) in [7, 11) is -0.738. The summed E-state index contributed by atoms with van der Waals surface area (Å²) < 4.78 is 33.1. The highest BCUT2D eigenvalue weighted by Crippen LogP contribution is 2.26. The van der Waals surface area contributed by atoms with Crippen LogP contribution in [-0.2, 0) is 27.9 Å². The summed E-state index contributed by atoms with van der Waals surface area (Å²) in [6.45, 7) is 2.16. The Morgan fingerprint density at radius 2 is 1.97 bits per heavy atom. The van der Waals surface area contributed by atoms with E-state index in [9.17, 15) is 23.3 Å². The smallest absolute Gasteiger partial charge is 0.345 e. The molecule has 0 saturated carbocycles. The lowest BCUT2D eigenvalue weighted by atomic mass is 10.2. The summed E-state index contributed by atoms with van der Waals surface area (Å²) in [4.78, 5) is 28.5. The highest BCUT2D eigenvalue weighted by molar-refractivity contribution is 7.98. The van der Waals surface area contributed by atoms with E-state index in [1.807, 2.05) is 6.92 Å². The number of aromatic nitrogens is 2. The van der Waals surface area contributed by atoms with Crippen LogP contribution < -0.4 is 0 Å². The first-order valence-electron chi connectivity index (χ1n) is 9.51. The van der Waals surface area contributed by atoms with Gasteiger partial charge in [0.15, 0.2) is 0 Å². The first kappa shape index (κ1) is 23.7. The molecule has 0 saturated heterocycles. The molecule has 32 heavy (non-hydrogen) atoms. The van der Waals surface area contributed by atoms with Gasteiger partial charge in [-0.2, -0.15) is 0 Å². The van der Waals surface area contributed by atoms with Gasteiger partial charge in [0, 0.05) is 31.6 Å². The monoisotopic (exact) mass is 478 g/mol. The maximum absolute atomic E-state index is 12.6. The van der Waals surface area contributed by atoms with Crippen LogP contribution in [0.4, 0.5) is 5.69 Å². The molecule has 1 heterocycles. The Morgan fingerprint density at radius 3 is 2.56 bits per heavy atom. The van der Waals surface area contributed by atoms with Gasteiger partial charge in [0.1, 0.15) is 18.0 Å². The third kappa shape index (κ3) is 4.47. The molecule has 0 amide bonds. The summed E-state index contributed by atoms with van der Waals surface area (Å²) >= 11 is 1.35. The van der Waals surface area contributed by atoms with Crippen LogP contribution in [0.2, 0.25) is 0 Å². The van der Waals surface area contributed by atoms with Gasteiger partial charge in [0.25, 0.3) is 5.69 Å². The lowest BCUT2D eigenvalue weighted by molar-refractivity contribution is -0.385. The third-order valence-electron chi connectivity index (χ3n) is 4.85. The van der Waals surface area contributed by atoms with Gasteiger partial charge in [0.05, 0.1) is 20.9 Å². The first-order valence-corrected chi connectivity index (χ1v) is 12.2. The fourth-order valence-electron chi connectivity index (χ4n) is 3.17. The topological polar surface area (TPSA) is 125 Å². The van der Waals surface area contributed by atoms with E-state index in [0.29, 0.717) is 28.3 Å². The van der Waals surface area contributed by atoms with Crippen LogP contribution in [0.1, 0.15) is 23.1 Å². The number of nitrogens with zero attached hydrogens (tertiary/aromatic N) is 4. The van der Waals surface area contributed by atoms with E-state index in [-0.39, 0.29) is 22.8 Å². The second kappa shape index (κ2) is 9.27. The SMILES string of the molecule is CCn1c(COC(=O)c2cc(SC)ccc2[N+](=O)[O-])nc2cc(S(=O)(=O)N(C)C)ccc21. The molecule has 0 atom stereocenters. The molecular formula is C20H22N4O6S2. The second-order valence-electron chi connectivity index (χ2n) is 6.93. The van der Waals surface area contributed by atoms with Crippen molar-refractivity contribution in [3.8, 4) is 0 Å². The van der Waals surface area contributed by atoms with Crippen molar-refractivity contribution in [3.63, 3.8) is 0 Å². The summed E-state index contributed by atoms with van der Waals surface area (Å²) in [5.41, 5.74) is 0.651. The minimum atomic E-state index is -3.63. The van der Waals surface area contributed by atoms with Crippen LogP contribution in [0.25, 0.3) is 11.0 Å². The van der Waals surface area contributed by atoms with Gasteiger partial charge in [-0.3, -0.25) is 10.1 Å². The minimum Gasteiger partial charge on any atom is -0.454 e. The highest BCUT2D eigenvalue weighted by atomic mass is 32.2. The van der Waals surface area contributed by atoms with Crippen molar-refractivity contribution in [2.75, 3.05) is 20.4 Å². The van der Waals surface area contributed by atoms with E-state index in [1.54, 1.807) is 23.0 Å². The number of nitro benzene ring substituents is 1. The van der Waals surface area contributed by atoms with Gasteiger partial charge in [0.2, 0.25) is 10.0 Å². The average molecular weight is 479 g/mol. The van der Waals surface area contributed by atoms with Crippen LogP contribution in [0, 0.1) is 10.1 Å². The lowest BCUT2D eigenvalue weighted by Crippen LogP contribution is -2.22. The number of carbonyl (C=O) groups excluding carboxylic acids is 1.